The van der Waals surface area contributed by atoms with Gasteiger partial charge in [0.25, 0.3) is 0 Å². The fourth-order valence-corrected chi connectivity index (χ4v) is 1.11. The zero-order valence-corrected chi connectivity index (χ0v) is 7.11. The molecule has 70 valence electrons. The second-order valence-electron chi connectivity index (χ2n) is 2.70. The van der Waals surface area contributed by atoms with Gasteiger partial charge >= 0.3 is 0 Å². The number of benzene rings is 1. The summed E-state index contributed by atoms with van der Waals surface area (Å²) in [5.74, 6) is -0.851. The maximum Gasteiger partial charge on any atom is 0.162 e. The van der Waals surface area contributed by atoms with Gasteiger partial charge in [0, 0.05) is 12.4 Å². The number of nitrogens with zero attached hydrogens (tertiary/aromatic N) is 2. The van der Waals surface area contributed by atoms with Crippen molar-refractivity contribution < 1.29 is 8.78 Å². The minimum absolute atomic E-state index is 0.0746. The number of aromatic nitrogens is 2. The van der Waals surface area contributed by atoms with E-state index in [0.717, 1.165) is 18.2 Å². The number of halogens is 2. The van der Waals surface area contributed by atoms with E-state index in [-0.39, 0.29) is 11.4 Å². The molecule has 2 rings (SSSR count). The molecule has 0 aliphatic carbocycles. The minimum atomic E-state index is -0.530. The van der Waals surface area contributed by atoms with E-state index in [1.165, 1.54) is 12.4 Å². The zero-order chi connectivity index (χ0) is 9.97. The smallest absolute Gasteiger partial charge is 0.162 e. The summed E-state index contributed by atoms with van der Waals surface area (Å²) >= 11 is 0. The first-order valence-corrected chi connectivity index (χ1v) is 4.00. The van der Waals surface area contributed by atoms with Crippen LogP contribution < -0.4 is 0 Å². The van der Waals surface area contributed by atoms with E-state index >= 15 is 0 Å². The van der Waals surface area contributed by atoms with E-state index in [1.54, 1.807) is 6.07 Å². The Labute approximate surface area is 79.3 Å². The van der Waals surface area contributed by atoms with Crippen LogP contribution in [0.1, 0.15) is 0 Å². The Morgan fingerprint density at radius 1 is 1.00 bits per heavy atom. The third-order valence-electron chi connectivity index (χ3n) is 1.74. The lowest BCUT2D eigenvalue weighted by Gasteiger charge is -2.00. The first-order chi connectivity index (χ1) is 6.77. The summed E-state index contributed by atoms with van der Waals surface area (Å²) in [7, 11) is 0. The highest BCUT2D eigenvalue weighted by atomic mass is 19.1. The summed E-state index contributed by atoms with van der Waals surface area (Å²) in [6, 6.07) is 4.80. The summed E-state index contributed by atoms with van der Waals surface area (Å²) in [5, 5.41) is 0. The van der Waals surface area contributed by atoms with Gasteiger partial charge in [-0.15, -0.1) is 0 Å². The average molecular weight is 192 g/mol. The van der Waals surface area contributed by atoms with Gasteiger partial charge in [0.05, 0.1) is 5.56 Å². The maximum atomic E-state index is 13.2. The molecule has 2 nitrogen and oxygen atoms in total. The van der Waals surface area contributed by atoms with E-state index < -0.39 is 11.6 Å². The fourth-order valence-electron chi connectivity index (χ4n) is 1.11. The monoisotopic (exact) mass is 192 g/mol. The van der Waals surface area contributed by atoms with Crippen molar-refractivity contribution in [3.05, 3.63) is 48.3 Å². The molecule has 14 heavy (non-hydrogen) atoms. The van der Waals surface area contributed by atoms with Crippen molar-refractivity contribution in [3.8, 4) is 11.4 Å². The highest BCUT2D eigenvalue weighted by molar-refractivity contribution is 5.55. The van der Waals surface area contributed by atoms with Crippen molar-refractivity contribution in [1.29, 1.82) is 0 Å². The quantitative estimate of drug-likeness (QED) is 0.693. The molecule has 0 bridgehead atoms. The van der Waals surface area contributed by atoms with E-state index in [1.807, 2.05) is 0 Å². The first kappa shape index (κ1) is 8.74. The number of hydrogen-bond donors (Lipinski definition) is 0. The van der Waals surface area contributed by atoms with Crippen LogP contribution in [0.3, 0.4) is 0 Å². The van der Waals surface area contributed by atoms with Gasteiger partial charge in [-0.2, -0.15) is 0 Å². The molecule has 0 aliphatic rings. The predicted molar refractivity (Wildman–Crippen MR) is 47.4 cm³/mol. The Morgan fingerprint density at radius 2 is 1.71 bits per heavy atom. The van der Waals surface area contributed by atoms with E-state index in [9.17, 15) is 8.78 Å². The normalized spacial score (nSPS) is 10.1. The zero-order valence-electron chi connectivity index (χ0n) is 7.11. The molecule has 0 N–H and O–H groups in total. The molecule has 0 spiro atoms. The molecule has 0 saturated carbocycles. The van der Waals surface area contributed by atoms with Crippen LogP contribution in [0.4, 0.5) is 8.78 Å². The molecule has 0 amide bonds. The van der Waals surface area contributed by atoms with E-state index in [4.69, 9.17) is 0 Å². The van der Waals surface area contributed by atoms with Gasteiger partial charge < -0.3 is 0 Å². The van der Waals surface area contributed by atoms with Crippen molar-refractivity contribution in [2.75, 3.05) is 0 Å². The molecule has 1 aromatic carbocycles. The molecule has 0 atom stereocenters. The molecule has 0 fully saturated rings. The van der Waals surface area contributed by atoms with E-state index in [0.29, 0.717) is 0 Å². The molecule has 0 aliphatic heterocycles. The summed E-state index contributed by atoms with van der Waals surface area (Å²) in [5.41, 5.74) is 0.0746. The standard InChI is InChI=1S/C10H6F2N2/c11-7-2-3-9(12)8(6-7)10-13-4-1-5-14-10/h1-6H. The van der Waals surface area contributed by atoms with Crippen LogP contribution in [-0.4, -0.2) is 9.97 Å². The van der Waals surface area contributed by atoms with Crippen molar-refractivity contribution in [2.24, 2.45) is 0 Å². The number of rotatable bonds is 1. The molecule has 2 aromatic rings. The molecule has 1 heterocycles. The lowest BCUT2D eigenvalue weighted by atomic mass is 10.2. The average Bonchev–Trinajstić information content (AvgIpc) is 2.23. The van der Waals surface area contributed by atoms with Gasteiger partial charge in [0.1, 0.15) is 11.6 Å². The lowest BCUT2D eigenvalue weighted by molar-refractivity contribution is 0.602. The molecule has 0 unspecified atom stereocenters. The molecular formula is C10H6F2N2. The lowest BCUT2D eigenvalue weighted by Crippen LogP contribution is -1.91. The molecule has 0 saturated heterocycles. The first-order valence-electron chi connectivity index (χ1n) is 4.00. The van der Waals surface area contributed by atoms with Gasteiger partial charge in [-0.25, -0.2) is 18.7 Å². The Kier molecular flexibility index (Phi) is 2.18. The van der Waals surface area contributed by atoms with Gasteiger partial charge in [0.2, 0.25) is 0 Å². The summed E-state index contributed by atoms with van der Waals surface area (Å²) in [6.45, 7) is 0. The van der Waals surface area contributed by atoms with E-state index in [2.05, 4.69) is 9.97 Å². The third-order valence-corrected chi connectivity index (χ3v) is 1.74. The van der Waals surface area contributed by atoms with Crippen molar-refractivity contribution in [1.82, 2.24) is 9.97 Å². The Balaban J connectivity index is 2.57. The molecule has 0 radical (unpaired) electrons. The summed E-state index contributed by atoms with van der Waals surface area (Å²) in [4.78, 5) is 7.67. The van der Waals surface area contributed by atoms with Crippen molar-refractivity contribution >= 4 is 0 Å². The third kappa shape index (κ3) is 1.59. The van der Waals surface area contributed by atoms with Gasteiger partial charge in [-0.3, -0.25) is 0 Å². The number of hydrogen-bond acceptors (Lipinski definition) is 2. The van der Waals surface area contributed by atoms with Crippen LogP contribution >= 0.6 is 0 Å². The molecular weight excluding hydrogens is 186 g/mol. The largest absolute Gasteiger partial charge is 0.236 e. The highest BCUT2D eigenvalue weighted by Gasteiger charge is 2.07. The Hall–Kier alpha value is -1.84. The van der Waals surface area contributed by atoms with Gasteiger partial charge in [0.15, 0.2) is 5.82 Å². The van der Waals surface area contributed by atoms with Crippen LogP contribution in [0.5, 0.6) is 0 Å². The van der Waals surface area contributed by atoms with Crippen molar-refractivity contribution in [3.63, 3.8) is 0 Å². The molecule has 1 aromatic heterocycles. The molecule has 4 heteroatoms. The van der Waals surface area contributed by atoms with Crippen LogP contribution in [0.25, 0.3) is 11.4 Å². The topological polar surface area (TPSA) is 25.8 Å². The Morgan fingerprint density at radius 3 is 2.43 bits per heavy atom. The maximum absolute atomic E-state index is 13.2. The van der Waals surface area contributed by atoms with Gasteiger partial charge in [-0.1, -0.05) is 0 Å². The van der Waals surface area contributed by atoms with Crippen LogP contribution in [0, 0.1) is 11.6 Å². The second-order valence-corrected chi connectivity index (χ2v) is 2.70. The Bertz CT molecular complexity index is 443. The highest BCUT2D eigenvalue weighted by Crippen LogP contribution is 2.19. The predicted octanol–water partition coefficient (Wildman–Crippen LogP) is 2.42. The van der Waals surface area contributed by atoms with Gasteiger partial charge in [-0.05, 0) is 24.3 Å². The summed E-state index contributed by atoms with van der Waals surface area (Å²) < 4.78 is 26.0. The minimum Gasteiger partial charge on any atom is -0.236 e. The SMILES string of the molecule is Fc1ccc(F)c(-c2ncccn2)c1. The second kappa shape index (κ2) is 3.49. The van der Waals surface area contributed by atoms with Crippen LogP contribution in [0.2, 0.25) is 0 Å². The van der Waals surface area contributed by atoms with Crippen LogP contribution in [-0.2, 0) is 0 Å². The fraction of sp³-hybridized carbons (Fsp3) is 0. The van der Waals surface area contributed by atoms with Crippen molar-refractivity contribution in [2.45, 2.75) is 0 Å². The summed E-state index contributed by atoms with van der Waals surface area (Å²) in [6.07, 6.45) is 2.96. The van der Waals surface area contributed by atoms with Crippen LogP contribution in [0.15, 0.2) is 36.7 Å².